The molecular weight excluding hydrogens is 312 g/mol. The van der Waals surface area contributed by atoms with E-state index in [9.17, 15) is 5.11 Å². The van der Waals surface area contributed by atoms with E-state index in [0.29, 0.717) is 6.04 Å². The van der Waals surface area contributed by atoms with E-state index in [-0.39, 0.29) is 12.6 Å². The van der Waals surface area contributed by atoms with Crippen LogP contribution >= 0.6 is 11.6 Å². The topological polar surface area (TPSA) is 48.6 Å². The van der Waals surface area contributed by atoms with E-state index in [1.54, 1.807) is 6.26 Å². The Morgan fingerprint density at radius 2 is 1.96 bits per heavy atom. The van der Waals surface area contributed by atoms with Gasteiger partial charge >= 0.3 is 0 Å². The van der Waals surface area contributed by atoms with E-state index in [2.05, 4.69) is 22.3 Å². The van der Waals surface area contributed by atoms with E-state index in [0.717, 1.165) is 43.3 Å². The molecule has 1 aliphatic heterocycles. The van der Waals surface area contributed by atoms with Crippen molar-refractivity contribution in [1.29, 1.82) is 0 Å². The van der Waals surface area contributed by atoms with Crippen LogP contribution in [0, 0.1) is 0 Å². The van der Waals surface area contributed by atoms with Crippen molar-refractivity contribution in [3.8, 4) is 0 Å². The van der Waals surface area contributed by atoms with Crippen LogP contribution in [0.3, 0.4) is 0 Å². The van der Waals surface area contributed by atoms with Crippen LogP contribution in [0.15, 0.2) is 47.1 Å². The van der Waals surface area contributed by atoms with Crippen molar-refractivity contribution in [3.63, 3.8) is 0 Å². The van der Waals surface area contributed by atoms with Crippen LogP contribution in [-0.2, 0) is 6.54 Å². The molecule has 124 valence electrons. The molecule has 1 fully saturated rings. The van der Waals surface area contributed by atoms with E-state index >= 15 is 0 Å². The van der Waals surface area contributed by atoms with Crippen molar-refractivity contribution in [2.45, 2.75) is 31.5 Å². The highest BCUT2D eigenvalue weighted by Gasteiger charge is 2.23. The third-order valence-corrected chi connectivity index (χ3v) is 4.67. The summed E-state index contributed by atoms with van der Waals surface area (Å²) < 4.78 is 5.39. The molecule has 23 heavy (non-hydrogen) atoms. The van der Waals surface area contributed by atoms with Gasteiger partial charge in [-0.2, -0.15) is 0 Å². The van der Waals surface area contributed by atoms with E-state index in [4.69, 9.17) is 16.0 Å². The van der Waals surface area contributed by atoms with Crippen LogP contribution < -0.4 is 5.32 Å². The third-order valence-electron chi connectivity index (χ3n) is 4.41. The number of piperidine rings is 1. The molecule has 1 aliphatic rings. The van der Waals surface area contributed by atoms with Gasteiger partial charge in [-0.3, -0.25) is 4.90 Å². The number of hydrogen-bond acceptors (Lipinski definition) is 4. The summed E-state index contributed by atoms with van der Waals surface area (Å²) in [6.45, 7) is 3.12. The zero-order valence-electron chi connectivity index (χ0n) is 13.1. The number of hydrogen-bond donors (Lipinski definition) is 2. The predicted molar refractivity (Wildman–Crippen MR) is 91.4 cm³/mol. The maximum atomic E-state index is 9.55. The van der Waals surface area contributed by atoms with Gasteiger partial charge in [-0.25, -0.2) is 0 Å². The summed E-state index contributed by atoms with van der Waals surface area (Å²) in [7, 11) is 0. The van der Waals surface area contributed by atoms with Crippen molar-refractivity contribution in [2.75, 3.05) is 19.7 Å². The molecule has 0 amide bonds. The van der Waals surface area contributed by atoms with Crippen LogP contribution in [0.2, 0.25) is 5.02 Å². The molecule has 1 unspecified atom stereocenters. The summed E-state index contributed by atoms with van der Waals surface area (Å²) in [5.41, 5.74) is 1.30. The predicted octanol–water partition coefficient (Wildman–Crippen LogP) is 3.22. The van der Waals surface area contributed by atoms with Crippen molar-refractivity contribution in [2.24, 2.45) is 0 Å². The summed E-state index contributed by atoms with van der Waals surface area (Å²) in [4.78, 5) is 2.46. The Hall–Kier alpha value is -1.33. The van der Waals surface area contributed by atoms with Crippen molar-refractivity contribution in [3.05, 3.63) is 59.0 Å². The molecule has 3 rings (SSSR count). The van der Waals surface area contributed by atoms with Gasteiger partial charge < -0.3 is 14.8 Å². The van der Waals surface area contributed by atoms with E-state index in [1.165, 1.54) is 5.56 Å². The average Bonchev–Trinajstić information content (AvgIpc) is 3.10. The first-order chi connectivity index (χ1) is 11.2. The highest BCUT2D eigenvalue weighted by molar-refractivity contribution is 6.30. The fourth-order valence-corrected chi connectivity index (χ4v) is 3.23. The zero-order chi connectivity index (χ0) is 16.1. The number of aliphatic hydroxyl groups excluding tert-OH is 1. The molecule has 2 aromatic rings. The summed E-state index contributed by atoms with van der Waals surface area (Å²) in [5.74, 6) is 0.802. The SMILES string of the molecule is OCC(NC1CCN(Cc2ccc(Cl)cc2)CC1)c1ccco1. The lowest BCUT2D eigenvalue weighted by molar-refractivity contribution is 0.160. The Labute approximate surface area is 142 Å². The largest absolute Gasteiger partial charge is 0.468 e. The van der Waals surface area contributed by atoms with Crippen LogP contribution in [0.1, 0.15) is 30.2 Å². The highest BCUT2D eigenvalue weighted by atomic mass is 35.5. The zero-order valence-corrected chi connectivity index (χ0v) is 13.9. The lowest BCUT2D eigenvalue weighted by atomic mass is 10.0. The molecule has 0 saturated carbocycles. The Balaban J connectivity index is 1.47. The minimum absolute atomic E-state index is 0.0541. The maximum absolute atomic E-state index is 9.55. The Kier molecular flexibility index (Phi) is 5.73. The normalized spacial score (nSPS) is 18.2. The van der Waals surface area contributed by atoms with Crippen LogP contribution in [0.5, 0.6) is 0 Å². The Morgan fingerprint density at radius 1 is 1.22 bits per heavy atom. The molecular formula is C18H23ClN2O2. The number of likely N-dealkylation sites (tertiary alicyclic amines) is 1. The number of furan rings is 1. The smallest absolute Gasteiger partial charge is 0.123 e. The summed E-state index contributed by atoms with van der Waals surface area (Å²) in [6, 6.07) is 12.1. The van der Waals surface area contributed by atoms with Gasteiger partial charge in [0.25, 0.3) is 0 Å². The fourth-order valence-electron chi connectivity index (χ4n) is 3.10. The van der Waals surface area contributed by atoms with Gasteiger partial charge in [-0.1, -0.05) is 23.7 Å². The number of benzene rings is 1. The van der Waals surface area contributed by atoms with Crippen LogP contribution in [-0.4, -0.2) is 35.7 Å². The summed E-state index contributed by atoms with van der Waals surface area (Å²) >= 11 is 5.93. The molecule has 0 bridgehead atoms. The molecule has 5 heteroatoms. The molecule has 2 heterocycles. The second-order valence-corrected chi connectivity index (χ2v) is 6.53. The van der Waals surface area contributed by atoms with Gasteiger partial charge in [0.2, 0.25) is 0 Å². The number of nitrogens with one attached hydrogen (secondary N) is 1. The standard InChI is InChI=1S/C18H23ClN2O2/c19-15-5-3-14(4-6-15)12-21-9-7-16(8-10-21)20-17(13-22)18-2-1-11-23-18/h1-6,11,16-17,20,22H,7-10,12-13H2. The number of rotatable bonds is 6. The summed E-state index contributed by atoms with van der Waals surface area (Å²) in [5, 5.41) is 13.8. The molecule has 1 aromatic heterocycles. The fraction of sp³-hybridized carbons (Fsp3) is 0.444. The van der Waals surface area contributed by atoms with E-state index < -0.39 is 0 Å². The molecule has 1 aromatic carbocycles. The highest BCUT2D eigenvalue weighted by Crippen LogP contribution is 2.19. The molecule has 0 spiro atoms. The quantitative estimate of drug-likeness (QED) is 0.851. The first-order valence-electron chi connectivity index (χ1n) is 8.11. The molecule has 0 aliphatic carbocycles. The lowest BCUT2D eigenvalue weighted by Gasteiger charge is -2.34. The van der Waals surface area contributed by atoms with Crippen molar-refractivity contribution < 1.29 is 9.52 Å². The van der Waals surface area contributed by atoms with Crippen molar-refractivity contribution in [1.82, 2.24) is 10.2 Å². The first-order valence-corrected chi connectivity index (χ1v) is 8.49. The van der Waals surface area contributed by atoms with Gasteiger partial charge in [0.15, 0.2) is 0 Å². The van der Waals surface area contributed by atoms with Crippen LogP contribution in [0.4, 0.5) is 0 Å². The average molecular weight is 335 g/mol. The number of aliphatic hydroxyl groups is 1. The first kappa shape index (κ1) is 16.5. The number of nitrogens with zero attached hydrogens (tertiary/aromatic N) is 1. The minimum Gasteiger partial charge on any atom is -0.468 e. The maximum Gasteiger partial charge on any atom is 0.123 e. The van der Waals surface area contributed by atoms with Crippen molar-refractivity contribution >= 4 is 11.6 Å². The second kappa shape index (κ2) is 7.97. The molecule has 0 radical (unpaired) electrons. The summed E-state index contributed by atoms with van der Waals surface area (Å²) in [6.07, 6.45) is 3.80. The number of halogens is 1. The molecule has 4 nitrogen and oxygen atoms in total. The third kappa shape index (κ3) is 4.58. The second-order valence-electron chi connectivity index (χ2n) is 6.09. The molecule has 2 N–H and O–H groups in total. The van der Waals surface area contributed by atoms with Gasteiger partial charge in [0, 0.05) is 17.6 Å². The Bertz CT molecular complexity index is 578. The molecule has 1 saturated heterocycles. The van der Waals surface area contributed by atoms with Gasteiger partial charge in [-0.05, 0) is 55.8 Å². The van der Waals surface area contributed by atoms with E-state index in [1.807, 2.05) is 24.3 Å². The van der Waals surface area contributed by atoms with Gasteiger partial charge in [0.05, 0.1) is 18.9 Å². The monoisotopic (exact) mass is 334 g/mol. The van der Waals surface area contributed by atoms with Crippen LogP contribution in [0.25, 0.3) is 0 Å². The molecule has 1 atom stereocenters. The lowest BCUT2D eigenvalue weighted by Crippen LogP contribution is -2.44. The minimum atomic E-state index is -0.113. The van der Waals surface area contributed by atoms with Gasteiger partial charge in [-0.15, -0.1) is 0 Å². The van der Waals surface area contributed by atoms with Gasteiger partial charge in [0.1, 0.15) is 5.76 Å². The Morgan fingerprint density at radius 3 is 2.57 bits per heavy atom.